The van der Waals surface area contributed by atoms with Crippen molar-refractivity contribution in [2.75, 3.05) is 13.7 Å². The van der Waals surface area contributed by atoms with Gasteiger partial charge in [-0.05, 0) is 36.7 Å². The number of rotatable bonds is 4. The third-order valence-electron chi connectivity index (χ3n) is 2.03. The predicted molar refractivity (Wildman–Crippen MR) is 57.4 cm³/mol. The highest BCUT2D eigenvalue weighted by Gasteiger charge is 2.05. The van der Waals surface area contributed by atoms with Gasteiger partial charge in [-0.1, -0.05) is 6.58 Å². The average molecular weight is 193 g/mol. The van der Waals surface area contributed by atoms with Gasteiger partial charge in [-0.25, -0.2) is 0 Å². The zero-order valence-corrected chi connectivity index (χ0v) is 8.29. The Kier molecular flexibility index (Phi) is 3.54. The highest BCUT2D eigenvalue weighted by atomic mass is 16.5. The van der Waals surface area contributed by atoms with Crippen LogP contribution in [0.5, 0.6) is 11.5 Å². The standard InChI is InChI=1S/C11H15NO2/c1-8(5-6-12)10-7-9(14-2)3-4-11(10)13/h3-4,7,13H,1,5-6,12H2,2H3. The van der Waals surface area contributed by atoms with Crippen LogP contribution in [0.1, 0.15) is 12.0 Å². The number of aromatic hydroxyl groups is 1. The minimum atomic E-state index is 0.212. The van der Waals surface area contributed by atoms with Crippen LogP contribution in [0.3, 0.4) is 0 Å². The molecule has 0 radical (unpaired) electrons. The Bertz CT molecular complexity index is 334. The molecule has 0 aliphatic rings. The molecule has 0 heterocycles. The van der Waals surface area contributed by atoms with E-state index in [4.69, 9.17) is 10.5 Å². The first kappa shape index (κ1) is 10.6. The van der Waals surface area contributed by atoms with Gasteiger partial charge < -0.3 is 15.6 Å². The third kappa shape index (κ3) is 2.26. The van der Waals surface area contributed by atoms with Gasteiger partial charge in [-0.3, -0.25) is 0 Å². The molecule has 0 aliphatic carbocycles. The van der Waals surface area contributed by atoms with E-state index in [-0.39, 0.29) is 5.75 Å². The van der Waals surface area contributed by atoms with Gasteiger partial charge in [0.2, 0.25) is 0 Å². The molecule has 0 saturated heterocycles. The van der Waals surface area contributed by atoms with E-state index in [1.807, 2.05) is 0 Å². The maximum absolute atomic E-state index is 9.57. The molecule has 0 saturated carbocycles. The fourth-order valence-electron chi connectivity index (χ4n) is 1.23. The Hall–Kier alpha value is -1.48. The SMILES string of the molecule is C=C(CCN)c1cc(OC)ccc1O. The molecule has 76 valence electrons. The van der Waals surface area contributed by atoms with E-state index < -0.39 is 0 Å². The molecule has 0 unspecified atom stereocenters. The van der Waals surface area contributed by atoms with E-state index >= 15 is 0 Å². The normalized spacial score (nSPS) is 9.86. The third-order valence-corrected chi connectivity index (χ3v) is 2.03. The number of phenols is 1. The average Bonchev–Trinajstić information content (AvgIpc) is 2.19. The minimum absolute atomic E-state index is 0.212. The molecule has 3 N–H and O–H groups in total. The van der Waals surface area contributed by atoms with Crippen molar-refractivity contribution in [2.45, 2.75) is 6.42 Å². The first-order valence-electron chi connectivity index (χ1n) is 4.44. The number of methoxy groups -OCH3 is 1. The van der Waals surface area contributed by atoms with Crippen molar-refractivity contribution in [1.29, 1.82) is 0 Å². The lowest BCUT2D eigenvalue weighted by Crippen LogP contribution is -1.99. The van der Waals surface area contributed by atoms with E-state index in [0.717, 1.165) is 5.57 Å². The lowest BCUT2D eigenvalue weighted by molar-refractivity contribution is 0.412. The van der Waals surface area contributed by atoms with Crippen molar-refractivity contribution >= 4 is 5.57 Å². The monoisotopic (exact) mass is 193 g/mol. The molecule has 1 rings (SSSR count). The Morgan fingerprint density at radius 3 is 2.86 bits per heavy atom. The molecule has 0 aliphatic heterocycles. The van der Waals surface area contributed by atoms with Crippen LogP contribution in [0.4, 0.5) is 0 Å². The van der Waals surface area contributed by atoms with Crippen molar-refractivity contribution in [3.8, 4) is 11.5 Å². The Morgan fingerprint density at radius 1 is 1.57 bits per heavy atom. The second kappa shape index (κ2) is 4.67. The number of benzene rings is 1. The molecular weight excluding hydrogens is 178 g/mol. The summed E-state index contributed by atoms with van der Waals surface area (Å²) in [7, 11) is 1.59. The molecular formula is C11H15NO2. The summed E-state index contributed by atoms with van der Waals surface area (Å²) in [6.07, 6.45) is 0.667. The molecule has 0 atom stereocenters. The summed E-state index contributed by atoms with van der Waals surface area (Å²) >= 11 is 0. The Morgan fingerprint density at radius 2 is 2.29 bits per heavy atom. The molecule has 3 heteroatoms. The van der Waals surface area contributed by atoms with Gasteiger partial charge >= 0.3 is 0 Å². The first-order chi connectivity index (χ1) is 6.69. The van der Waals surface area contributed by atoms with Gasteiger partial charge in [0.15, 0.2) is 0 Å². The Labute approximate surface area is 83.8 Å². The summed E-state index contributed by atoms with van der Waals surface area (Å²) < 4.78 is 5.05. The van der Waals surface area contributed by atoms with Crippen LogP contribution in [0.25, 0.3) is 5.57 Å². The number of hydrogen-bond donors (Lipinski definition) is 2. The second-order valence-electron chi connectivity index (χ2n) is 3.03. The van der Waals surface area contributed by atoms with Crippen LogP contribution in [0, 0.1) is 0 Å². The minimum Gasteiger partial charge on any atom is -0.507 e. The van der Waals surface area contributed by atoms with Crippen LogP contribution in [0.2, 0.25) is 0 Å². The fourth-order valence-corrected chi connectivity index (χ4v) is 1.23. The maximum atomic E-state index is 9.57. The maximum Gasteiger partial charge on any atom is 0.123 e. The largest absolute Gasteiger partial charge is 0.507 e. The quantitative estimate of drug-likeness (QED) is 0.766. The van der Waals surface area contributed by atoms with E-state index in [1.165, 1.54) is 0 Å². The Balaban J connectivity index is 2.99. The van der Waals surface area contributed by atoms with E-state index in [0.29, 0.717) is 24.3 Å². The van der Waals surface area contributed by atoms with Crippen LogP contribution in [0.15, 0.2) is 24.8 Å². The summed E-state index contributed by atoms with van der Waals surface area (Å²) in [5, 5.41) is 9.57. The van der Waals surface area contributed by atoms with Crippen LogP contribution >= 0.6 is 0 Å². The van der Waals surface area contributed by atoms with Crippen molar-refractivity contribution in [3.63, 3.8) is 0 Å². The summed E-state index contributed by atoms with van der Waals surface area (Å²) in [4.78, 5) is 0. The number of ether oxygens (including phenoxy) is 1. The van der Waals surface area contributed by atoms with Crippen LogP contribution in [-0.2, 0) is 0 Å². The topological polar surface area (TPSA) is 55.5 Å². The molecule has 0 aromatic heterocycles. The zero-order valence-electron chi connectivity index (χ0n) is 8.29. The van der Waals surface area contributed by atoms with E-state index in [9.17, 15) is 5.11 Å². The predicted octanol–water partition coefficient (Wildman–Crippen LogP) is 1.76. The van der Waals surface area contributed by atoms with Gasteiger partial charge in [-0.2, -0.15) is 0 Å². The van der Waals surface area contributed by atoms with Gasteiger partial charge in [0, 0.05) is 5.56 Å². The van der Waals surface area contributed by atoms with Crippen molar-refractivity contribution in [1.82, 2.24) is 0 Å². The number of hydrogen-bond acceptors (Lipinski definition) is 3. The molecule has 0 spiro atoms. The molecule has 0 amide bonds. The molecule has 1 aromatic rings. The molecule has 3 nitrogen and oxygen atoms in total. The van der Waals surface area contributed by atoms with Crippen molar-refractivity contribution < 1.29 is 9.84 Å². The number of phenolic OH excluding ortho intramolecular Hbond substituents is 1. The smallest absolute Gasteiger partial charge is 0.123 e. The fraction of sp³-hybridized carbons (Fsp3) is 0.273. The lowest BCUT2D eigenvalue weighted by Gasteiger charge is -2.08. The first-order valence-corrected chi connectivity index (χ1v) is 4.44. The summed E-state index contributed by atoms with van der Waals surface area (Å²) in [5.74, 6) is 0.917. The summed E-state index contributed by atoms with van der Waals surface area (Å²) in [6, 6.07) is 5.05. The molecule has 1 aromatic carbocycles. The second-order valence-corrected chi connectivity index (χ2v) is 3.03. The summed E-state index contributed by atoms with van der Waals surface area (Å²) in [5.41, 5.74) is 6.94. The van der Waals surface area contributed by atoms with E-state index in [2.05, 4.69) is 6.58 Å². The lowest BCUT2D eigenvalue weighted by atomic mass is 10.0. The van der Waals surface area contributed by atoms with E-state index in [1.54, 1.807) is 25.3 Å². The van der Waals surface area contributed by atoms with Crippen LogP contribution in [-0.4, -0.2) is 18.8 Å². The van der Waals surface area contributed by atoms with Gasteiger partial charge in [0.25, 0.3) is 0 Å². The van der Waals surface area contributed by atoms with Gasteiger partial charge in [0.1, 0.15) is 11.5 Å². The van der Waals surface area contributed by atoms with Gasteiger partial charge in [0.05, 0.1) is 7.11 Å². The van der Waals surface area contributed by atoms with Crippen molar-refractivity contribution in [3.05, 3.63) is 30.3 Å². The highest BCUT2D eigenvalue weighted by molar-refractivity contribution is 5.69. The summed E-state index contributed by atoms with van der Waals surface area (Å²) in [6.45, 7) is 4.38. The zero-order chi connectivity index (χ0) is 10.6. The highest BCUT2D eigenvalue weighted by Crippen LogP contribution is 2.29. The van der Waals surface area contributed by atoms with Crippen LogP contribution < -0.4 is 10.5 Å². The van der Waals surface area contributed by atoms with Gasteiger partial charge in [-0.15, -0.1) is 0 Å². The molecule has 0 fully saturated rings. The molecule has 0 bridgehead atoms. The van der Waals surface area contributed by atoms with Crippen molar-refractivity contribution in [2.24, 2.45) is 5.73 Å². The molecule has 14 heavy (non-hydrogen) atoms. The number of nitrogens with two attached hydrogens (primary N) is 1.